The third kappa shape index (κ3) is 2.19. The molecule has 0 atom stereocenters. The van der Waals surface area contributed by atoms with E-state index in [9.17, 15) is 0 Å². The predicted molar refractivity (Wildman–Crippen MR) is 50.6 cm³/mol. The number of hydrogen-bond donors (Lipinski definition) is 0. The molecule has 0 aromatic carbocycles. The smallest absolute Gasteiger partial charge is 0.0562 e. The Morgan fingerprint density at radius 2 is 2.36 bits per heavy atom. The molecule has 0 N–H and O–H groups in total. The van der Waals surface area contributed by atoms with Crippen LogP contribution in [0.5, 0.6) is 0 Å². The molecule has 1 aromatic heterocycles. The Hall–Kier alpha value is -0.570. The summed E-state index contributed by atoms with van der Waals surface area (Å²) in [4.78, 5) is 1.83. The molecule has 0 saturated carbocycles. The molecule has 0 bridgehead atoms. The van der Waals surface area contributed by atoms with Gasteiger partial charge in [0, 0.05) is 17.8 Å². The monoisotopic (exact) mass is 214 g/mol. The van der Waals surface area contributed by atoms with Gasteiger partial charge >= 0.3 is 0 Å². The summed E-state index contributed by atoms with van der Waals surface area (Å²) < 4.78 is 1.93. The van der Waals surface area contributed by atoms with Crippen LogP contribution < -0.4 is 0 Å². The predicted octanol–water partition coefficient (Wildman–Crippen LogP) is 2.83. The van der Waals surface area contributed by atoms with Gasteiger partial charge < -0.3 is 0 Å². The van der Waals surface area contributed by atoms with Gasteiger partial charge in [0.05, 0.1) is 6.20 Å². The average Bonchev–Trinajstić information content (AvgIpc) is 2.37. The van der Waals surface area contributed by atoms with E-state index in [2.05, 4.69) is 34.9 Å². The van der Waals surface area contributed by atoms with Crippen molar-refractivity contribution in [3.8, 4) is 0 Å². The largest absolute Gasteiger partial charge is 0.270 e. The van der Waals surface area contributed by atoms with Crippen molar-refractivity contribution in [2.75, 3.05) is 0 Å². The van der Waals surface area contributed by atoms with Gasteiger partial charge in [0.15, 0.2) is 0 Å². The first-order valence-electron chi connectivity index (χ1n) is 3.55. The second-order valence-electron chi connectivity index (χ2n) is 2.64. The highest BCUT2D eigenvalue weighted by atomic mass is 79.9. The van der Waals surface area contributed by atoms with Crippen LogP contribution in [0.1, 0.15) is 25.5 Å². The number of rotatable bonds is 2. The zero-order valence-corrected chi connectivity index (χ0v) is 8.25. The number of nitrogens with zero attached hydrogens (tertiary/aromatic N) is 2. The average molecular weight is 215 g/mol. The Bertz CT molecular complexity index is 250. The zero-order valence-electron chi connectivity index (χ0n) is 6.66. The highest BCUT2D eigenvalue weighted by molar-refractivity contribution is 9.11. The molecule has 2 nitrogen and oxygen atoms in total. The normalized spacial score (nSPS) is 11.6. The van der Waals surface area contributed by atoms with Crippen molar-refractivity contribution in [1.82, 2.24) is 9.78 Å². The lowest BCUT2D eigenvalue weighted by Gasteiger charge is -2.02. The quantitative estimate of drug-likeness (QED) is 0.741. The van der Waals surface area contributed by atoms with E-state index in [0.717, 1.165) is 5.56 Å². The lowest BCUT2D eigenvalue weighted by molar-refractivity contribution is 0.532. The van der Waals surface area contributed by atoms with E-state index < -0.39 is 0 Å². The van der Waals surface area contributed by atoms with Crippen molar-refractivity contribution in [2.24, 2.45) is 0 Å². The van der Waals surface area contributed by atoms with E-state index in [4.69, 9.17) is 0 Å². The minimum Gasteiger partial charge on any atom is -0.270 e. The van der Waals surface area contributed by atoms with Crippen LogP contribution in [-0.2, 0) is 0 Å². The van der Waals surface area contributed by atoms with Gasteiger partial charge in [-0.1, -0.05) is 15.9 Å². The van der Waals surface area contributed by atoms with Crippen LogP contribution >= 0.6 is 15.9 Å². The first kappa shape index (κ1) is 8.53. The number of hydrogen-bond acceptors (Lipinski definition) is 1. The molecule has 0 unspecified atom stereocenters. The van der Waals surface area contributed by atoms with E-state index >= 15 is 0 Å². The molecule has 0 aliphatic heterocycles. The summed E-state index contributed by atoms with van der Waals surface area (Å²) in [6, 6.07) is 0.437. The summed E-state index contributed by atoms with van der Waals surface area (Å²) in [6.07, 6.45) is 5.83. The summed E-state index contributed by atoms with van der Waals surface area (Å²) in [5.41, 5.74) is 1.12. The molecule has 0 spiro atoms. The van der Waals surface area contributed by atoms with Gasteiger partial charge in [-0.15, -0.1) is 0 Å². The van der Waals surface area contributed by atoms with E-state index in [0.29, 0.717) is 6.04 Å². The van der Waals surface area contributed by atoms with E-state index in [1.54, 1.807) is 0 Å². The fourth-order valence-electron chi connectivity index (χ4n) is 0.794. The van der Waals surface area contributed by atoms with E-state index in [1.807, 2.05) is 28.1 Å². The second kappa shape index (κ2) is 3.72. The van der Waals surface area contributed by atoms with Gasteiger partial charge in [0.2, 0.25) is 0 Å². The van der Waals surface area contributed by atoms with Gasteiger partial charge in [0.25, 0.3) is 0 Å². The Morgan fingerprint density at radius 1 is 1.64 bits per heavy atom. The Labute approximate surface area is 75.0 Å². The molecule has 1 rings (SSSR count). The summed E-state index contributed by atoms with van der Waals surface area (Å²) in [6.45, 7) is 4.21. The molecular formula is C8H11BrN2. The van der Waals surface area contributed by atoms with Gasteiger partial charge in [-0.3, -0.25) is 4.68 Å². The fourth-order valence-corrected chi connectivity index (χ4v) is 1.10. The van der Waals surface area contributed by atoms with Crippen LogP contribution in [0.3, 0.4) is 0 Å². The molecule has 1 heterocycles. The van der Waals surface area contributed by atoms with Gasteiger partial charge in [-0.25, -0.2) is 0 Å². The van der Waals surface area contributed by atoms with Crippen molar-refractivity contribution < 1.29 is 0 Å². The molecule has 1 aromatic rings. The van der Waals surface area contributed by atoms with E-state index in [1.165, 1.54) is 0 Å². The van der Waals surface area contributed by atoms with Crippen LogP contribution in [0.4, 0.5) is 0 Å². The number of aromatic nitrogens is 2. The molecular weight excluding hydrogens is 204 g/mol. The van der Waals surface area contributed by atoms with Crippen molar-refractivity contribution in [1.29, 1.82) is 0 Å². The molecule has 0 aliphatic carbocycles. The SMILES string of the molecule is CC(C)n1cc(/C=C/Br)cn1. The van der Waals surface area contributed by atoms with Crippen molar-refractivity contribution in [3.63, 3.8) is 0 Å². The Morgan fingerprint density at radius 3 is 2.82 bits per heavy atom. The molecule has 0 aliphatic rings. The van der Waals surface area contributed by atoms with E-state index in [-0.39, 0.29) is 0 Å². The Balaban J connectivity index is 2.81. The summed E-state index contributed by atoms with van der Waals surface area (Å²) in [7, 11) is 0. The highest BCUT2D eigenvalue weighted by Crippen LogP contribution is 2.07. The van der Waals surface area contributed by atoms with Crippen LogP contribution in [0.2, 0.25) is 0 Å². The first-order chi connectivity index (χ1) is 5.24. The molecule has 3 heteroatoms. The minimum atomic E-state index is 0.437. The standard InChI is InChI=1S/C8H11BrN2/c1-7(2)11-6-8(3-4-9)5-10-11/h3-7H,1-2H3/b4-3+. The third-order valence-electron chi connectivity index (χ3n) is 1.41. The minimum absolute atomic E-state index is 0.437. The molecule has 60 valence electrons. The lowest BCUT2D eigenvalue weighted by Crippen LogP contribution is -1.99. The number of halogens is 1. The van der Waals surface area contributed by atoms with Crippen molar-refractivity contribution in [3.05, 3.63) is 22.9 Å². The maximum atomic E-state index is 4.18. The van der Waals surface area contributed by atoms with Crippen LogP contribution in [0.15, 0.2) is 17.4 Å². The first-order valence-corrected chi connectivity index (χ1v) is 4.46. The molecule has 0 fully saturated rings. The van der Waals surface area contributed by atoms with Crippen LogP contribution in [0, 0.1) is 0 Å². The Kier molecular flexibility index (Phi) is 2.88. The fraction of sp³-hybridized carbons (Fsp3) is 0.375. The van der Waals surface area contributed by atoms with Gasteiger partial charge in [-0.2, -0.15) is 5.10 Å². The highest BCUT2D eigenvalue weighted by Gasteiger charge is 1.97. The van der Waals surface area contributed by atoms with Gasteiger partial charge in [0.1, 0.15) is 0 Å². The second-order valence-corrected chi connectivity index (χ2v) is 3.17. The molecule has 0 saturated heterocycles. The summed E-state index contributed by atoms with van der Waals surface area (Å²) in [5.74, 6) is 0. The molecule has 11 heavy (non-hydrogen) atoms. The zero-order chi connectivity index (χ0) is 8.27. The van der Waals surface area contributed by atoms with Gasteiger partial charge in [-0.05, 0) is 24.9 Å². The summed E-state index contributed by atoms with van der Waals surface area (Å²) in [5, 5.41) is 4.18. The van der Waals surface area contributed by atoms with Crippen LogP contribution in [-0.4, -0.2) is 9.78 Å². The topological polar surface area (TPSA) is 17.8 Å². The molecule has 0 amide bonds. The summed E-state index contributed by atoms with van der Waals surface area (Å²) >= 11 is 3.21. The third-order valence-corrected chi connectivity index (χ3v) is 1.67. The van der Waals surface area contributed by atoms with Crippen molar-refractivity contribution in [2.45, 2.75) is 19.9 Å². The maximum absolute atomic E-state index is 4.18. The lowest BCUT2D eigenvalue weighted by atomic mass is 10.3. The van der Waals surface area contributed by atoms with Crippen molar-refractivity contribution >= 4 is 22.0 Å². The van der Waals surface area contributed by atoms with Crippen LogP contribution in [0.25, 0.3) is 6.08 Å². The maximum Gasteiger partial charge on any atom is 0.0562 e. The molecule has 0 radical (unpaired) electrons.